The number of rotatable bonds is 8. The summed E-state index contributed by atoms with van der Waals surface area (Å²) >= 11 is 0. The van der Waals surface area contributed by atoms with Crippen LogP contribution in [0.3, 0.4) is 0 Å². The van der Waals surface area contributed by atoms with E-state index in [2.05, 4.69) is 18.6 Å². The van der Waals surface area contributed by atoms with Gasteiger partial charge in [-0.2, -0.15) is 13.9 Å². The fraction of sp³-hybridized carbons (Fsp3) is 0.476. The van der Waals surface area contributed by atoms with Gasteiger partial charge in [0, 0.05) is 11.6 Å². The Morgan fingerprint density at radius 2 is 1.87 bits per heavy atom. The van der Waals surface area contributed by atoms with Gasteiger partial charge < -0.3 is 9.47 Å². The lowest BCUT2D eigenvalue weighted by Gasteiger charge is -2.17. The summed E-state index contributed by atoms with van der Waals surface area (Å²) in [5.41, 5.74) is 4.40. The molecule has 162 valence electrons. The van der Waals surface area contributed by atoms with Crippen LogP contribution in [-0.2, 0) is 6.42 Å². The van der Waals surface area contributed by atoms with Gasteiger partial charge >= 0.3 is 5.85 Å². The van der Waals surface area contributed by atoms with Gasteiger partial charge in [-0.3, -0.25) is 0 Å². The molecular formula is C21H27F2N4O2P. The molecule has 0 aliphatic rings. The zero-order valence-corrected chi connectivity index (χ0v) is 19.0. The van der Waals surface area contributed by atoms with Crippen molar-refractivity contribution in [2.75, 3.05) is 7.11 Å². The highest BCUT2D eigenvalue weighted by Gasteiger charge is 2.25. The minimum atomic E-state index is -3.36. The number of aryl methyl sites for hydroxylation is 2. The zero-order valence-electron chi connectivity index (χ0n) is 17.9. The second-order valence-corrected chi connectivity index (χ2v) is 7.74. The quantitative estimate of drug-likeness (QED) is 0.434. The van der Waals surface area contributed by atoms with Crippen LogP contribution in [0, 0.1) is 6.92 Å². The van der Waals surface area contributed by atoms with E-state index in [-0.39, 0.29) is 11.8 Å². The maximum atomic E-state index is 13.2. The van der Waals surface area contributed by atoms with Gasteiger partial charge in [-0.05, 0) is 47.6 Å². The van der Waals surface area contributed by atoms with E-state index in [0.717, 1.165) is 35.4 Å². The average Bonchev–Trinajstić information content (AvgIpc) is 3.02. The standard InChI is InChI=1S/C21H27F2N4O2P/c1-6-13(7-2)27-20-18(12(4)26-27)25-19(16(8-3)24-20)15-10-9-14(11-17(15)28-5)29-21(22,23)30/h9-11,13H,6-8,30H2,1-5H3. The van der Waals surface area contributed by atoms with Crippen LogP contribution in [0.1, 0.15) is 51.0 Å². The van der Waals surface area contributed by atoms with E-state index in [9.17, 15) is 8.78 Å². The number of halogens is 2. The number of hydrogen-bond donors (Lipinski definition) is 0. The van der Waals surface area contributed by atoms with Crippen LogP contribution in [0.2, 0.25) is 0 Å². The van der Waals surface area contributed by atoms with Crippen molar-refractivity contribution in [3.8, 4) is 22.8 Å². The van der Waals surface area contributed by atoms with Crippen molar-refractivity contribution in [1.82, 2.24) is 19.7 Å². The molecule has 0 bridgehead atoms. The van der Waals surface area contributed by atoms with E-state index in [1.54, 1.807) is 6.07 Å². The Labute approximate surface area is 177 Å². The summed E-state index contributed by atoms with van der Waals surface area (Å²) < 4.78 is 38.5. The first-order valence-corrected chi connectivity index (χ1v) is 10.6. The first kappa shape index (κ1) is 22.3. The predicted octanol–water partition coefficient (Wildman–Crippen LogP) is 5.54. The normalized spacial score (nSPS) is 12.0. The van der Waals surface area contributed by atoms with Crippen molar-refractivity contribution in [2.24, 2.45) is 0 Å². The average molecular weight is 436 g/mol. The van der Waals surface area contributed by atoms with Gasteiger partial charge in [0.2, 0.25) is 0 Å². The number of fused-ring (bicyclic) bond motifs is 1. The zero-order chi connectivity index (χ0) is 22.1. The SMILES string of the molecule is CCc1nc2c(nc1-c1ccc(OC(F)(F)P)cc1OC)c(C)nn2C(CC)CC. The molecule has 9 heteroatoms. The predicted molar refractivity (Wildman–Crippen MR) is 116 cm³/mol. The van der Waals surface area contributed by atoms with Crippen molar-refractivity contribution in [1.29, 1.82) is 0 Å². The number of aromatic nitrogens is 4. The van der Waals surface area contributed by atoms with Crippen molar-refractivity contribution >= 4 is 20.4 Å². The molecule has 0 amide bonds. The lowest BCUT2D eigenvalue weighted by molar-refractivity contribution is -0.0892. The highest BCUT2D eigenvalue weighted by atomic mass is 31.0. The van der Waals surface area contributed by atoms with Crippen LogP contribution in [0.25, 0.3) is 22.4 Å². The Morgan fingerprint density at radius 3 is 2.43 bits per heavy atom. The van der Waals surface area contributed by atoms with Gasteiger partial charge in [0.05, 0.1) is 30.2 Å². The van der Waals surface area contributed by atoms with E-state index in [1.165, 1.54) is 28.5 Å². The van der Waals surface area contributed by atoms with E-state index < -0.39 is 5.85 Å². The fourth-order valence-corrected chi connectivity index (χ4v) is 3.69. The number of hydrogen-bond acceptors (Lipinski definition) is 5. The number of ether oxygens (including phenoxy) is 2. The first-order chi connectivity index (χ1) is 14.2. The molecular weight excluding hydrogens is 409 g/mol. The minimum absolute atomic E-state index is 0.000388. The maximum absolute atomic E-state index is 13.2. The van der Waals surface area contributed by atoms with Gasteiger partial charge in [0.15, 0.2) is 5.65 Å². The second kappa shape index (κ2) is 8.80. The molecule has 30 heavy (non-hydrogen) atoms. The Morgan fingerprint density at radius 1 is 1.17 bits per heavy atom. The number of nitrogens with zero attached hydrogens (tertiary/aromatic N) is 4. The molecule has 1 atom stereocenters. The second-order valence-electron chi connectivity index (χ2n) is 7.07. The highest BCUT2D eigenvalue weighted by Crippen LogP contribution is 2.37. The van der Waals surface area contributed by atoms with Crippen molar-refractivity contribution in [3.63, 3.8) is 0 Å². The summed E-state index contributed by atoms with van der Waals surface area (Å²) in [5.74, 6) is -2.98. The summed E-state index contributed by atoms with van der Waals surface area (Å²) in [6.07, 6.45) is 2.55. The molecule has 0 saturated heterocycles. The lowest BCUT2D eigenvalue weighted by atomic mass is 10.1. The van der Waals surface area contributed by atoms with Gasteiger partial charge in [0.1, 0.15) is 17.0 Å². The Bertz CT molecular complexity index is 1050. The van der Waals surface area contributed by atoms with Gasteiger partial charge in [-0.25, -0.2) is 14.6 Å². The van der Waals surface area contributed by atoms with E-state index >= 15 is 0 Å². The van der Waals surface area contributed by atoms with E-state index in [1.807, 2.05) is 18.5 Å². The Kier molecular flexibility index (Phi) is 6.56. The summed E-state index contributed by atoms with van der Waals surface area (Å²) in [6, 6.07) is 4.83. The largest absolute Gasteiger partial charge is 0.496 e. The maximum Gasteiger partial charge on any atom is 0.408 e. The highest BCUT2D eigenvalue weighted by molar-refractivity contribution is 7.17. The van der Waals surface area contributed by atoms with Crippen molar-refractivity contribution < 1.29 is 18.3 Å². The number of alkyl halides is 2. The third-order valence-electron chi connectivity index (χ3n) is 5.07. The van der Waals surface area contributed by atoms with Crippen LogP contribution >= 0.6 is 9.24 Å². The molecule has 3 rings (SSSR count). The molecule has 0 aliphatic carbocycles. The molecule has 3 aromatic rings. The molecule has 1 aromatic carbocycles. The summed E-state index contributed by atoms with van der Waals surface area (Å²) in [4.78, 5) is 9.77. The van der Waals surface area contributed by atoms with Gasteiger partial charge in [-0.15, -0.1) is 0 Å². The van der Waals surface area contributed by atoms with Crippen LogP contribution in [-0.4, -0.2) is 32.7 Å². The van der Waals surface area contributed by atoms with Gasteiger partial charge in [-0.1, -0.05) is 20.8 Å². The topological polar surface area (TPSA) is 62.1 Å². The van der Waals surface area contributed by atoms with Crippen molar-refractivity contribution in [3.05, 3.63) is 29.6 Å². The first-order valence-electron chi connectivity index (χ1n) is 10.0. The Hall–Kier alpha value is -2.34. The molecule has 0 N–H and O–H groups in total. The molecule has 0 radical (unpaired) electrons. The molecule has 2 aromatic heterocycles. The van der Waals surface area contributed by atoms with Crippen molar-refractivity contribution in [2.45, 2.75) is 58.8 Å². The third-order valence-corrected chi connectivity index (χ3v) is 5.19. The monoisotopic (exact) mass is 436 g/mol. The van der Waals surface area contributed by atoms with Crippen LogP contribution in [0.4, 0.5) is 8.78 Å². The number of benzene rings is 1. The Balaban J connectivity index is 2.17. The molecule has 0 aliphatic heterocycles. The lowest BCUT2D eigenvalue weighted by Crippen LogP contribution is -2.14. The molecule has 1 unspecified atom stereocenters. The number of methoxy groups -OCH3 is 1. The van der Waals surface area contributed by atoms with Crippen LogP contribution in [0.15, 0.2) is 18.2 Å². The van der Waals surface area contributed by atoms with E-state index in [0.29, 0.717) is 23.4 Å². The third kappa shape index (κ3) is 4.38. The summed E-state index contributed by atoms with van der Waals surface area (Å²) in [7, 11) is 2.84. The summed E-state index contributed by atoms with van der Waals surface area (Å²) in [6.45, 7) is 8.18. The minimum Gasteiger partial charge on any atom is -0.496 e. The molecule has 6 nitrogen and oxygen atoms in total. The molecule has 0 spiro atoms. The summed E-state index contributed by atoms with van der Waals surface area (Å²) in [5, 5.41) is 4.69. The molecule has 0 fully saturated rings. The van der Waals surface area contributed by atoms with Crippen LogP contribution in [0.5, 0.6) is 11.5 Å². The molecule has 2 heterocycles. The van der Waals surface area contributed by atoms with Gasteiger partial charge in [0.25, 0.3) is 0 Å². The smallest absolute Gasteiger partial charge is 0.408 e. The van der Waals surface area contributed by atoms with E-state index in [4.69, 9.17) is 19.8 Å². The fourth-order valence-electron chi connectivity index (χ4n) is 3.56. The molecule has 0 saturated carbocycles. The van der Waals surface area contributed by atoms with Crippen LogP contribution < -0.4 is 9.47 Å².